The van der Waals surface area contributed by atoms with Crippen molar-refractivity contribution in [2.75, 3.05) is 10.5 Å². The van der Waals surface area contributed by atoms with Crippen LogP contribution >= 0.6 is 11.6 Å². The van der Waals surface area contributed by atoms with Crippen molar-refractivity contribution in [3.05, 3.63) is 53.1 Å². The Kier molecular flexibility index (Phi) is 4.20. The third-order valence-electron chi connectivity index (χ3n) is 2.91. The Balaban J connectivity index is 2.34. The first-order valence-electron chi connectivity index (χ1n) is 6.10. The number of sulfonamides is 1. The van der Waals surface area contributed by atoms with E-state index >= 15 is 0 Å². The predicted octanol–water partition coefficient (Wildman–Crippen LogP) is 3.29. The molecule has 0 heterocycles. The van der Waals surface area contributed by atoms with Crippen molar-refractivity contribution < 1.29 is 8.42 Å². The van der Waals surface area contributed by atoms with Crippen molar-refractivity contribution in [1.82, 2.24) is 0 Å². The number of hydrogen-bond donors (Lipinski definition) is 2. The summed E-state index contributed by atoms with van der Waals surface area (Å²) in [5.74, 6) is 0. The van der Waals surface area contributed by atoms with Crippen molar-refractivity contribution >= 4 is 33.0 Å². The molecular weight excluding hydrogens is 296 g/mol. The minimum absolute atomic E-state index is 0.0415. The van der Waals surface area contributed by atoms with Crippen molar-refractivity contribution in [2.24, 2.45) is 0 Å². The fourth-order valence-corrected chi connectivity index (χ4v) is 3.42. The summed E-state index contributed by atoms with van der Waals surface area (Å²) in [5.41, 5.74) is 7.81. The lowest BCUT2D eigenvalue weighted by molar-refractivity contribution is 0.601. The van der Waals surface area contributed by atoms with Crippen molar-refractivity contribution in [3.8, 4) is 0 Å². The Morgan fingerprint density at radius 2 is 1.90 bits per heavy atom. The zero-order valence-electron chi connectivity index (χ0n) is 10.9. The fourth-order valence-electron chi connectivity index (χ4n) is 1.85. The summed E-state index contributed by atoms with van der Waals surface area (Å²) in [5, 5.41) is 0.179. The van der Waals surface area contributed by atoms with Crippen LogP contribution in [0.15, 0.2) is 47.4 Å². The van der Waals surface area contributed by atoms with Crippen LogP contribution in [-0.4, -0.2) is 8.42 Å². The Morgan fingerprint density at radius 1 is 1.20 bits per heavy atom. The molecule has 0 amide bonds. The zero-order valence-corrected chi connectivity index (χ0v) is 12.5. The maximum absolute atomic E-state index is 12.3. The van der Waals surface area contributed by atoms with Gasteiger partial charge in [0.05, 0.1) is 10.7 Å². The van der Waals surface area contributed by atoms with Gasteiger partial charge in [-0.05, 0) is 36.2 Å². The first-order valence-corrected chi connectivity index (χ1v) is 7.96. The number of rotatable bonds is 4. The molecule has 0 bridgehead atoms. The third kappa shape index (κ3) is 3.05. The van der Waals surface area contributed by atoms with E-state index in [2.05, 4.69) is 4.72 Å². The maximum Gasteiger partial charge on any atom is 0.263 e. The standard InChI is InChI=1S/C14H15ClN2O2S/c1-2-10-7-8-11(9-13(10)16)17-20(18,19)14-6-4-3-5-12(14)15/h3-9,17H,2,16H2,1H3. The Hall–Kier alpha value is -1.72. The first kappa shape index (κ1) is 14.7. The number of hydrogen-bond acceptors (Lipinski definition) is 3. The van der Waals surface area contributed by atoms with Crippen LogP contribution in [-0.2, 0) is 16.4 Å². The van der Waals surface area contributed by atoms with Crippen LogP contribution in [0.2, 0.25) is 5.02 Å². The minimum atomic E-state index is -3.72. The van der Waals surface area contributed by atoms with Crippen LogP contribution in [0, 0.1) is 0 Å². The van der Waals surface area contributed by atoms with Crippen LogP contribution in [0.4, 0.5) is 11.4 Å². The zero-order chi connectivity index (χ0) is 14.8. The maximum atomic E-state index is 12.3. The van der Waals surface area contributed by atoms with Gasteiger partial charge in [-0.15, -0.1) is 0 Å². The van der Waals surface area contributed by atoms with Crippen LogP contribution in [0.1, 0.15) is 12.5 Å². The van der Waals surface area contributed by atoms with E-state index in [1.807, 2.05) is 6.92 Å². The van der Waals surface area contributed by atoms with Crippen molar-refractivity contribution in [2.45, 2.75) is 18.2 Å². The number of nitrogen functional groups attached to an aromatic ring is 1. The van der Waals surface area contributed by atoms with Gasteiger partial charge in [0, 0.05) is 5.69 Å². The molecule has 0 atom stereocenters. The van der Waals surface area contributed by atoms with Gasteiger partial charge < -0.3 is 5.73 Å². The highest BCUT2D eigenvalue weighted by Crippen LogP contribution is 2.25. The number of nitrogens with two attached hydrogens (primary N) is 1. The van der Waals surface area contributed by atoms with E-state index in [9.17, 15) is 8.42 Å². The molecule has 0 aliphatic rings. The normalized spacial score (nSPS) is 11.3. The topological polar surface area (TPSA) is 72.2 Å². The fraction of sp³-hybridized carbons (Fsp3) is 0.143. The monoisotopic (exact) mass is 310 g/mol. The molecule has 0 saturated heterocycles. The summed E-state index contributed by atoms with van der Waals surface area (Å²) in [7, 11) is -3.72. The quantitative estimate of drug-likeness (QED) is 0.851. The molecule has 0 unspecified atom stereocenters. The average molecular weight is 311 g/mol. The van der Waals surface area contributed by atoms with Crippen LogP contribution in [0.3, 0.4) is 0 Å². The van der Waals surface area contributed by atoms with Crippen molar-refractivity contribution in [1.29, 1.82) is 0 Å². The van der Waals surface area contributed by atoms with Gasteiger partial charge in [0.15, 0.2) is 0 Å². The molecule has 6 heteroatoms. The van der Waals surface area contributed by atoms with E-state index in [4.69, 9.17) is 17.3 Å². The second-order valence-corrected chi connectivity index (χ2v) is 6.36. The smallest absolute Gasteiger partial charge is 0.263 e. The first-order chi connectivity index (χ1) is 9.44. The van der Waals surface area contributed by atoms with Gasteiger partial charge in [-0.1, -0.05) is 36.7 Å². The SMILES string of the molecule is CCc1ccc(NS(=O)(=O)c2ccccc2Cl)cc1N. The largest absolute Gasteiger partial charge is 0.398 e. The Labute approximate surface area is 123 Å². The van der Waals surface area contributed by atoms with Crippen LogP contribution in [0.5, 0.6) is 0 Å². The second kappa shape index (κ2) is 5.73. The number of halogens is 1. The molecule has 0 fully saturated rings. The third-order valence-corrected chi connectivity index (χ3v) is 4.79. The Morgan fingerprint density at radius 3 is 2.50 bits per heavy atom. The highest BCUT2D eigenvalue weighted by molar-refractivity contribution is 7.92. The van der Waals surface area contributed by atoms with Gasteiger partial charge in [0.2, 0.25) is 0 Å². The molecule has 3 N–H and O–H groups in total. The molecule has 0 aromatic heterocycles. The lowest BCUT2D eigenvalue weighted by Gasteiger charge is -2.11. The summed E-state index contributed by atoms with van der Waals surface area (Å²) >= 11 is 5.91. The van der Waals surface area contributed by atoms with Gasteiger partial charge in [0.1, 0.15) is 4.90 Å². The summed E-state index contributed by atoms with van der Waals surface area (Å²) < 4.78 is 27.0. The molecule has 0 radical (unpaired) electrons. The van der Waals surface area contributed by atoms with Gasteiger partial charge >= 0.3 is 0 Å². The highest BCUT2D eigenvalue weighted by Gasteiger charge is 2.17. The number of anilines is 2. The molecule has 2 aromatic rings. The molecule has 0 aliphatic carbocycles. The van der Waals surface area contributed by atoms with E-state index in [0.29, 0.717) is 11.4 Å². The van der Waals surface area contributed by atoms with E-state index in [-0.39, 0.29) is 9.92 Å². The lowest BCUT2D eigenvalue weighted by atomic mass is 10.1. The number of aryl methyl sites for hydroxylation is 1. The molecular formula is C14H15ClN2O2S. The highest BCUT2D eigenvalue weighted by atomic mass is 35.5. The molecule has 2 aromatic carbocycles. The molecule has 2 rings (SSSR count). The van der Waals surface area contributed by atoms with Crippen LogP contribution in [0.25, 0.3) is 0 Å². The lowest BCUT2D eigenvalue weighted by Crippen LogP contribution is -2.13. The summed E-state index contributed by atoms with van der Waals surface area (Å²) in [6.45, 7) is 1.99. The van der Waals surface area contributed by atoms with Crippen molar-refractivity contribution in [3.63, 3.8) is 0 Å². The molecule has 0 aliphatic heterocycles. The van der Waals surface area contributed by atoms with Gasteiger partial charge in [-0.3, -0.25) is 4.72 Å². The van der Waals surface area contributed by atoms with Gasteiger partial charge in [0.25, 0.3) is 10.0 Å². The number of nitrogens with one attached hydrogen (secondary N) is 1. The Bertz CT molecular complexity index is 730. The molecule has 0 saturated carbocycles. The summed E-state index contributed by atoms with van der Waals surface area (Å²) in [4.78, 5) is 0.0415. The van der Waals surface area contributed by atoms with E-state index in [0.717, 1.165) is 12.0 Å². The van der Waals surface area contributed by atoms with E-state index in [1.54, 1.807) is 30.3 Å². The minimum Gasteiger partial charge on any atom is -0.398 e. The summed E-state index contributed by atoms with van der Waals surface area (Å²) in [6.07, 6.45) is 0.795. The molecule has 0 spiro atoms. The van der Waals surface area contributed by atoms with E-state index < -0.39 is 10.0 Å². The average Bonchev–Trinajstić information content (AvgIpc) is 2.38. The molecule has 20 heavy (non-hydrogen) atoms. The second-order valence-electron chi connectivity index (χ2n) is 4.30. The van der Waals surface area contributed by atoms with E-state index in [1.165, 1.54) is 12.1 Å². The molecule has 106 valence electrons. The predicted molar refractivity (Wildman–Crippen MR) is 82.5 cm³/mol. The van der Waals surface area contributed by atoms with Crippen LogP contribution < -0.4 is 10.5 Å². The summed E-state index contributed by atoms with van der Waals surface area (Å²) in [6, 6.07) is 11.4. The van der Waals surface area contributed by atoms with Gasteiger partial charge in [-0.25, -0.2) is 8.42 Å². The number of benzene rings is 2. The van der Waals surface area contributed by atoms with Gasteiger partial charge in [-0.2, -0.15) is 0 Å². The molecule has 4 nitrogen and oxygen atoms in total.